The number of benzene rings is 1. The molecule has 20 heavy (non-hydrogen) atoms. The van der Waals surface area contributed by atoms with Gasteiger partial charge in [-0.2, -0.15) is 0 Å². The highest BCUT2D eigenvalue weighted by molar-refractivity contribution is 5.76. The molecule has 0 atom stereocenters. The summed E-state index contributed by atoms with van der Waals surface area (Å²) in [5.74, 6) is 1.73. The molecule has 1 aromatic carbocycles. The predicted molar refractivity (Wildman–Crippen MR) is 76.4 cm³/mol. The smallest absolute Gasteiger partial charge is 0.223 e. The van der Waals surface area contributed by atoms with Gasteiger partial charge in [0, 0.05) is 25.9 Å². The lowest BCUT2D eigenvalue weighted by Crippen LogP contribution is -2.26. The standard InChI is InChI=1S/C15H19N3O2/c1-18(11-14-16-9-10-17-14)15(19)8-5-12-3-6-13(20-2)7-4-12/h3-4,6-7,9-10H,5,8,11H2,1-2H3,(H,16,17). The molecule has 1 N–H and O–H groups in total. The fourth-order valence-corrected chi connectivity index (χ4v) is 1.93. The molecule has 0 unspecified atom stereocenters. The quantitative estimate of drug-likeness (QED) is 0.876. The monoisotopic (exact) mass is 273 g/mol. The summed E-state index contributed by atoms with van der Waals surface area (Å²) in [5, 5.41) is 0. The van der Waals surface area contributed by atoms with Crippen LogP contribution in [0.1, 0.15) is 17.8 Å². The second-order valence-electron chi connectivity index (χ2n) is 4.63. The van der Waals surface area contributed by atoms with E-state index < -0.39 is 0 Å². The summed E-state index contributed by atoms with van der Waals surface area (Å²) in [7, 11) is 3.43. The van der Waals surface area contributed by atoms with E-state index in [2.05, 4.69) is 9.97 Å². The largest absolute Gasteiger partial charge is 0.497 e. The van der Waals surface area contributed by atoms with Crippen LogP contribution >= 0.6 is 0 Å². The van der Waals surface area contributed by atoms with E-state index in [4.69, 9.17) is 4.74 Å². The van der Waals surface area contributed by atoms with Gasteiger partial charge in [0.2, 0.25) is 5.91 Å². The van der Waals surface area contributed by atoms with Crippen molar-refractivity contribution in [3.05, 3.63) is 48.0 Å². The molecule has 2 rings (SSSR count). The number of rotatable bonds is 6. The van der Waals surface area contributed by atoms with Gasteiger partial charge in [-0.3, -0.25) is 4.79 Å². The van der Waals surface area contributed by atoms with E-state index in [1.807, 2.05) is 24.3 Å². The summed E-state index contributed by atoms with van der Waals surface area (Å²) in [6, 6.07) is 7.79. The molecule has 106 valence electrons. The Balaban J connectivity index is 1.81. The van der Waals surface area contributed by atoms with E-state index in [1.165, 1.54) is 0 Å². The highest BCUT2D eigenvalue weighted by Gasteiger charge is 2.10. The fraction of sp³-hybridized carbons (Fsp3) is 0.333. The summed E-state index contributed by atoms with van der Waals surface area (Å²) >= 11 is 0. The number of aromatic amines is 1. The lowest BCUT2D eigenvalue weighted by atomic mass is 10.1. The minimum absolute atomic E-state index is 0.109. The number of aryl methyl sites for hydroxylation is 1. The van der Waals surface area contributed by atoms with E-state index in [0.717, 1.165) is 23.6 Å². The van der Waals surface area contributed by atoms with Gasteiger partial charge < -0.3 is 14.6 Å². The van der Waals surface area contributed by atoms with Crippen molar-refractivity contribution >= 4 is 5.91 Å². The number of nitrogens with zero attached hydrogens (tertiary/aromatic N) is 2. The first-order valence-corrected chi connectivity index (χ1v) is 6.54. The molecule has 1 aromatic heterocycles. The SMILES string of the molecule is COc1ccc(CCC(=O)N(C)Cc2ncc[nH]2)cc1. The molecular weight excluding hydrogens is 254 g/mol. The first-order valence-electron chi connectivity index (χ1n) is 6.54. The third-order valence-corrected chi connectivity index (χ3v) is 3.15. The molecule has 1 amide bonds. The maximum Gasteiger partial charge on any atom is 0.223 e. The number of carbonyl (C=O) groups excluding carboxylic acids is 1. The summed E-state index contributed by atoms with van der Waals surface area (Å²) in [6.45, 7) is 0.508. The van der Waals surface area contributed by atoms with E-state index in [1.54, 1.807) is 31.5 Å². The molecule has 0 bridgehead atoms. The van der Waals surface area contributed by atoms with Crippen molar-refractivity contribution in [2.45, 2.75) is 19.4 Å². The van der Waals surface area contributed by atoms with E-state index in [9.17, 15) is 4.79 Å². The molecule has 0 radical (unpaired) electrons. The highest BCUT2D eigenvalue weighted by Crippen LogP contribution is 2.13. The Morgan fingerprint density at radius 1 is 1.35 bits per heavy atom. The van der Waals surface area contributed by atoms with Crippen molar-refractivity contribution in [2.75, 3.05) is 14.2 Å². The normalized spacial score (nSPS) is 10.3. The minimum Gasteiger partial charge on any atom is -0.497 e. The second kappa shape index (κ2) is 6.75. The third-order valence-electron chi connectivity index (χ3n) is 3.15. The van der Waals surface area contributed by atoms with Crippen molar-refractivity contribution in [3.63, 3.8) is 0 Å². The van der Waals surface area contributed by atoms with Gasteiger partial charge in [-0.15, -0.1) is 0 Å². The van der Waals surface area contributed by atoms with Crippen molar-refractivity contribution in [1.82, 2.24) is 14.9 Å². The van der Waals surface area contributed by atoms with Crippen LogP contribution in [-0.2, 0) is 17.8 Å². The maximum atomic E-state index is 12.0. The molecule has 1 heterocycles. The highest BCUT2D eigenvalue weighted by atomic mass is 16.5. The van der Waals surface area contributed by atoms with Crippen LogP contribution in [0, 0.1) is 0 Å². The van der Waals surface area contributed by atoms with Crippen molar-refractivity contribution < 1.29 is 9.53 Å². The minimum atomic E-state index is 0.109. The van der Waals surface area contributed by atoms with Crippen LogP contribution in [-0.4, -0.2) is 34.9 Å². The number of carbonyl (C=O) groups is 1. The number of amides is 1. The van der Waals surface area contributed by atoms with Gasteiger partial charge in [-0.1, -0.05) is 12.1 Å². The summed E-state index contributed by atoms with van der Waals surface area (Å²) in [6.07, 6.45) is 4.66. The zero-order valence-electron chi connectivity index (χ0n) is 11.8. The van der Waals surface area contributed by atoms with Crippen molar-refractivity contribution in [3.8, 4) is 5.75 Å². The van der Waals surface area contributed by atoms with Crippen LogP contribution in [0.25, 0.3) is 0 Å². The number of hydrogen-bond acceptors (Lipinski definition) is 3. The van der Waals surface area contributed by atoms with Gasteiger partial charge in [-0.05, 0) is 24.1 Å². The fourth-order valence-electron chi connectivity index (χ4n) is 1.93. The summed E-state index contributed by atoms with van der Waals surface area (Å²) < 4.78 is 5.11. The number of hydrogen-bond donors (Lipinski definition) is 1. The predicted octanol–water partition coefficient (Wildman–Crippen LogP) is 2.01. The summed E-state index contributed by atoms with van der Waals surface area (Å²) in [4.78, 5) is 20.8. The summed E-state index contributed by atoms with van der Waals surface area (Å²) in [5.41, 5.74) is 1.13. The number of aromatic nitrogens is 2. The molecule has 0 fully saturated rings. The van der Waals surface area contributed by atoms with Gasteiger partial charge >= 0.3 is 0 Å². The Morgan fingerprint density at radius 2 is 2.10 bits per heavy atom. The lowest BCUT2D eigenvalue weighted by molar-refractivity contribution is -0.130. The van der Waals surface area contributed by atoms with E-state index >= 15 is 0 Å². The Hall–Kier alpha value is -2.30. The van der Waals surface area contributed by atoms with Crippen molar-refractivity contribution in [1.29, 1.82) is 0 Å². The van der Waals surface area contributed by atoms with Crippen LogP contribution in [0.2, 0.25) is 0 Å². The van der Waals surface area contributed by atoms with Crippen LogP contribution in [0.4, 0.5) is 0 Å². The topological polar surface area (TPSA) is 58.2 Å². The third kappa shape index (κ3) is 3.85. The molecular formula is C15H19N3O2. The van der Waals surface area contributed by atoms with Gasteiger partial charge in [0.05, 0.1) is 13.7 Å². The van der Waals surface area contributed by atoms with Gasteiger partial charge in [-0.25, -0.2) is 4.98 Å². The molecule has 5 nitrogen and oxygen atoms in total. The zero-order chi connectivity index (χ0) is 14.4. The first kappa shape index (κ1) is 14.1. The number of imidazole rings is 1. The number of ether oxygens (including phenoxy) is 1. The van der Waals surface area contributed by atoms with Crippen LogP contribution in [0.15, 0.2) is 36.7 Å². The average molecular weight is 273 g/mol. The second-order valence-corrected chi connectivity index (χ2v) is 4.63. The number of nitrogens with one attached hydrogen (secondary N) is 1. The Labute approximate surface area is 118 Å². The van der Waals surface area contributed by atoms with Gasteiger partial charge in [0.15, 0.2) is 0 Å². The number of methoxy groups -OCH3 is 1. The molecule has 0 spiro atoms. The van der Waals surface area contributed by atoms with E-state index in [-0.39, 0.29) is 5.91 Å². The van der Waals surface area contributed by atoms with Crippen molar-refractivity contribution in [2.24, 2.45) is 0 Å². The molecule has 0 saturated carbocycles. The average Bonchev–Trinajstić information content (AvgIpc) is 2.98. The van der Waals surface area contributed by atoms with E-state index in [0.29, 0.717) is 13.0 Å². The Morgan fingerprint density at radius 3 is 2.70 bits per heavy atom. The molecule has 0 aliphatic heterocycles. The maximum absolute atomic E-state index is 12.0. The zero-order valence-corrected chi connectivity index (χ0v) is 11.8. The Bertz CT molecular complexity index is 535. The lowest BCUT2D eigenvalue weighted by Gasteiger charge is -2.15. The van der Waals surface area contributed by atoms with Crippen LogP contribution < -0.4 is 4.74 Å². The molecule has 0 aliphatic rings. The van der Waals surface area contributed by atoms with Gasteiger partial charge in [0.1, 0.15) is 11.6 Å². The first-order chi connectivity index (χ1) is 9.69. The molecule has 5 heteroatoms. The molecule has 0 aliphatic carbocycles. The molecule has 0 saturated heterocycles. The number of H-pyrrole nitrogens is 1. The molecule has 2 aromatic rings. The Kier molecular flexibility index (Phi) is 4.76. The van der Waals surface area contributed by atoms with Crippen LogP contribution in [0.5, 0.6) is 5.75 Å². The van der Waals surface area contributed by atoms with Gasteiger partial charge in [0.25, 0.3) is 0 Å². The van der Waals surface area contributed by atoms with Crippen LogP contribution in [0.3, 0.4) is 0 Å².